The molecule has 12 heavy (non-hydrogen) atoms. The van der Waals surface area contributed by atoms with Gasteiger partial charge in [0, 0.05) is 18.0 Å². The van der Waals surface area contributed by atoms with Crippen LogP contribution in [0.3, 0.4) is 0 Å². The van der Waals surface area contributed by atoms with Crippen molar-refractivity contribution in [3.63, 3.8) is 0 Å². The second-order valence-corrected chi connectivity index (χ2v) is 2.79. The standard InChI is InChI=1S/C8H6ClN3/c9-7-1-2-8(10-5-7)6-3-11-12-4-6/h1-5H,(H,11,12). The topological polar surface area (TPSA) is 41.6 Å². The Hall–Kier alpha value is -1.35. The molecule has 0 radical (unpaired) electrons. The van der Waals surface area contributed by atoms with Crippen LogP contribution in [0.4, 0.5) is 0 Å². The molecule has 0 amide bonds. The quantitative estimate of drug-likeness (QED) is 0.729. The van der Waals surface area contributed by atoms with E-state index in [1.54, 1.807) is 24.7 Å². The van der Waals surface area contributed by atoms with Crippen LogP contribution in [0.1, 0.15) is 0 Å². The number of aromatic nitrogens is 3. The molecule has 0 aliphatic heterocycles. The molecule has 60 valence electrons. The Morgan fingerprint density at radius 3 is 2.75 bits per heavy atom. The highest BCUT2D eigenvalue weighted by Gasteiger charge is 1.98. The first kappa shape index (κ1) is 7.31. The van der Waals surface area contributed by atoms with Crippen molar-refractivity contribution < 1.29 is 0 Å². The molecular formula is C8H6ClN3. The molecule has 0 spiro atoms. The van der Waals surface area contributed by atoms with Crippen molar-refractivity contribution in [1.29, 1.82) is 0 Å². The molecule has 0 unspecified atom stereocenters. The van der Waals surface area contributed by atoms with Crippen molar-refractivity contribution >= 4 is 11.6 Å². The van der Waals surface area contributed by atoms with E-state index in [2.05, 4.69) is 15.2 Å². The Morgan fingerprint density at radius 1 is 1.25 bits per heavy atom. The zero-order chi connectivity index (χ0) is 8.39. The third kappa shape index (κ3) is 1.31. The highest BCUT2D eigenvalue weighted by Crippen LogP contribution is 2.16. The summed E-state index contributed by atoms with van der Waals surface area (Å²) in [7, 11) is 0. The van der Waals surface area contributed by atoms with E-state index in [1.807, 2.05) is 6.07 Å². The van der Waals surface area contributed by atoms with Crippen LogP contribution >= 0.6 is 11.6 Å². The zero-order valence-electron chi connectivity index (χ0n) is 6.16. The summed E-state index contributed by atoms with van der Waals surface area (Å²) in [6.45, 7) is 0. The lowest BCUT2D eigenvalue weighted by Gasteiger charge is -1.94. The van der Waals surface area contributed by atoms with Crippen LogP contribution in [0.2, 0.25) is 5.02 Å². The van der Waals surface area contributed by atoms with Crippen molar-refractivity contribution in [2.75, 3.05) is 0 Å². The third-order valence-electron chi connectivity index (χ3n) is 1.52. The van der Waals surface area contributed by atoms with Gasteiger partial charge in [-0.3, -0.25) is 10.1 Å². The van der Waals surface area contributed by atoms with E-state index in [-0.39, 0.29) is 0 Å². The SMILES string of the molecule is Clc1ccc(-c2cn[nH]c2)nc1. The molecule has 0 fully saturated rings. The van der Waals surface area contributed by atoms with Gasteiger partial charge in [-0.15, -0.1) is 0 Å². The molecule has 2 heterocycles. The summed E-state index contributed by atoms with van der Waals surface area (Å²) in [5.41, 5.74) is 1.83. The second-order valence-electron chi connectivity index (χ2n) is 2.35. The normalized spacial score (nSPS) is 10.1. The number of nitrogens with zero attached hydrogens (tertiary/aromatic N) is 2. The van der Waals surface area contributed by atoms with Gasteiger partial charge in [-0.1, -0.05) is 11.6 Å². The minimum Gasteiger partial charge on any atom is -0.285 e. The molecule has 1 N–H and O–H groups in total. The molecule has 0 saturated carbocycles. The fourth-order valence-electron chi connectivity index (χ4n) is 0.938. The number of nitrogens with one attached hydrogen (secondary N) is 1. The summed E-state index contributed by atoms with van der Waals surface area (Å²) in [5.74, 6) is 0. The van der Waals surface area contributed by atoms with E-state index < -0.39 is 0 Å². The number of hydrogen-bond donors (Lipinski definition) is 1. The van der Waals surface area contributed by atoms with Crippen molar-refractivity contribution in [3.8, 4) is 11.3 Å². The van der Waals surface area contributed by atoms with Crippen LogP contribution in [-0.4, -0.2) is 15.2 Å². The summed E-state index contributed by atoms with van der Waals surface area (Å²) < 4.78 is 0. The number of H-pyrrole nitrogens is 1. The van der Waals surface area contributed by atoms with Gasteiger partial charge in [-0.05, 0) is 12.1 Å². The van der Waals surface area contributed by atoms with Crippen LogP contribution in [0, 0.1) is 0 Å². The second kappa shape index (κ2) is 2.95. The lowest BCUT2D eigenvalue weighted by molar-refractivity contribution is 1.09. The number of pyridine rings is 1. The molecule has 0 aliphatic rings. The summed E-state index contributed by atoms with van der Waals surface area (Å²) in [5, 5.41) is 7.18. The molecule has 0 aromatic carbocycles. The predicted molar refractivity (Wildman–Crippen MR) is 46.8 cm³/mol. The van der Waals surface area contributed by atoms with Gasteiger partial charge in [0.15, 0.2) is 0 Å². The monoisotopic (exact) mass is 179 g/mol. The Bertz CT molecular complexity index is 352. The number of halogens is 1. The van der Waals surface area contributed by atoms with Crippen molar-refractivity contribution in [1.82, 2.24) is 15.2 Å². The van der Waals surface area contributed by atoms with E-state index in [0.717, 1.165) is 11.3 Å². The molecule has 3 nitrogen and oxygen atoms in total. The maximum atomic E-state index is 5.69. The molecule has 0 bridgehead atoms. The molecule has 0 aliphatic carbocycles. The van der Waals surface area contributed by atoms with Crippen molar-refractivity contribution in [2.45, 2.75) is 0 Å². The average Bonchev–Trinajstić information content (AvgIpc) is 2.58. The number of hydrogen-bond acceptors (Lipinski definition) is 2. The molecule has 2 aromatic heterocycles. The maximum Gasteiger partial charge on any atom is 0.0734 e. The van der Waals surface area contributed by atoms with Gasteiger partial charge in [0.25, 0.3) is 0 Å². The smallest absolute Gasteiger partial charge is 0.0734 e. The third-order valence-corrected chi connectivity index (χ3v) is 1.74. The highest BCUT2D eigenvalue weighted by molar-refractivity contribution is 6.30. The Labute approximate surface area is 74.4 Å². The first-order valence-corrected chi connectivity index (χ1v) is 3.85. The van der Waals surface area contributed by atoms with Crippen LogP contribution in [-0.2, 0) is 0 Å². The zero-order valence-corrected chi connectivity index (χ0v) is 6.92. The summed E-state index contributed by atoms with van der Waals surface area (Å²) in [4.78, 5) is 4.13. The van der Waals surface area contributed by atoms with Crippen LogP contribution in [0.25, 0.3) is 11.3 Å². The Morgan fingerprint density at radius 2 is 2.17 bits per heavy atom. The first-order valence-electron chi connectivity index (χ1n) is 3.47. The molecular weight excluding hydrogens is 174 g/mol. The fourth-order valence-corrected chi connectivity index (χ4v) is 1.05. The molecule has 4 heteroatoms. The highest BCUT2D eigenvalue weighted by atomic mass is 35.5. The van der Waals surface area contributed by atoms with Gasteiger partial charge >= 0.3 is 0 Å². The Balaban J connectivity index is 2.43. The minimum atomic E-state index is 0.641. The summed E-state index contributed by atoms with van der Waals surface area (Å²) in [6, 6.07) is 3.66. The molecule has 0 atom stereocenters. The first-order chi connectivity index (χ1) is 5.86. The van der Waals surface area contributed by atoms with Gasteiger partial charge in [-0.2, -0.15) is 5.10 Å². The largest absolute Gasteiger partial charge is 0.285 e. The number of aromatic amines is 1. The summed E-state index contributed by atoms with van der Waals surface area (Å²) >= 11 is 5.69. The minimum absolute atomic E-state index is 0.641. The van der Waals surface area contributed by atoms with Crippen molar-refractivity contribution in [3.05, 3.63) is 35.7 Å². The molecule has 2 aromatic rings. The van der Waals surface area contributed by atoms with Gasteiger partial charge in [0.1, 0.15) is 0 Å². The lowest BCUT2D eigenvalue weighted by Crippen LogP contribution is -1.78. The molecule has 2 rings (SSSR count). The lowest BCUT2D eigenvalue weighted by atomic mass is 10.2. The number of rotatable bonds is 1. The van der Waals surface area contributed by atoms with Gasteiger partial charge < -0.3 is 0 Å². The van der Waals surface area contributed by atoms with E-state index in [9.17, 15) is 0 Å². The van der Waals surface area contributed by atoms with Gasteiger partial charge in [0.2, 0.25) is 0 Å². The van der Waals surface area contributed by atoms with E-state index >= 15 is 0 Å². The average molecular weight is 180 g/mol. The maximum absolute atomic E-state index is 5.69. The van der Waals surface area contributed by atoms with E-state index in [0.29, 0.717) is 5.02 Å². The van der Waals surface area contributed by atoms with Crippen molar-refractivity contribution in [2.24, 2.45) is 0 Å². The van der Waals surface area contributed by atoms with Crippen LogP contribution in [0.5, 0.6) is 0 Å². The Kier molecular flexibility index (Phi) is 1.80. The fraction of sp³-hybridized carbons (Fsp3) is 0. The van der Waals surface area contributed by atoms with Crippen LogP contribution in [0.15, 0.2) is 30.7 Å². The predicted octanol–water partition coefficient (Wildman–Crippen LogP) is 2.13. The summed E-state index contributed by atoms with van der Waals surface area (Å²) in [6.07, 6.45) is 5.12. The van der Waals surface area contributed by atoms with E-state index in [1.165, 1.54) is 0 Å². The van der Waals surface area contributed by atoms with E-state index in [4.69, 9.17) is 11.6 Å². The van der Waals surface area contributed by atoms with Crippen LogP contribution < -0.4 is 0 Å². The van der Waals surface area contributed by atoms with Gasteiger partial charge in [-0.25, -0.2) is 0 Å². The molecule has 0 saturated heterocycles. The van der Waals surface area contributed by atoms with Gasteiger partial charge in [0.05, 0.1) is 16.9 Å².